The third-order valence-corrected chi connectivity index (χ3v) is 13.6. The Morgan fingerprint density at radius 2 is 1.21 bits per heavy atom. The van der Waals surface area contributed by atoms with Crippen LogP contribution in [-0.4, -0.2) is 94.9 Å². The summed E-state index contributed by atoms with van der Waals surface area (Å²) in [6, 6.07) is 19.6. The predicted molar refractivity (Wildman–Crippen MR) is 232 cm³/mol. The highest BCUT2D eigenvalue weighted by Gasteiger charge is 2.21. The summed E-state index contributed by atoms with van der Waals surface area (Å²) in [7, 11) is -17.3. The van der Waals surface area contributed by atoms with E-state index in [1.165, 1.54) is 91.0 Å². The van der Waals surface area contributed by atoms with Gasteiger partial charge in [-0.3, -0.25) is 18.1 Å². The van der Waals surface area contributed by atoms with E-state index in [2.05, 4.69) is 54.0 Å². The fourth-order valence-corrected chi connectivity index (χ4v) is 9.02. The van der Waals surface area contributed by atoms with E-state index in [4.69, 9.17) is 19.3 Å². The Hall–Kier alpha value is -5.27. The maximum Gasteiger partial charge on any atom is 0.397 e. The summed E-state index contributed by atoms with van der Waals surface area (Å²) in [4.78, 5) is 12.6. The molecule has 0 radical (unpaired) electrons. The molecule has 0 unspecified atom stereocenters. The molecule has 354 valence electrons. The molecule has 26 nitrogen and oxygen atoms in total. The topological polar surface area (TPSA) is 384 Å². The van der Waals surface area contributed by atoms with Crippen LogP contribution in [0.5, 0.6) is 5.75 Å². The second-order valence-corrected chi connectivity index (χ2v) is 20.6. The number of rotatable bonds is 24. The summed E-state index contributed by atoms with van der Waals surface area (Å²) in [5, 5.41) is 57.4. The van der Waals surface area contributed by atoms with Gasteiger partial charge >= 0.3 is 10.4 Å². The molecule has 5 aromatic rings. The van der Waals surface area contributed by atoms with Crippen molar-refractivity contribution in [3.05, 3.63) is 96.6 Å². The second-order valence-electron chi connectivity index (χ2n) is 12.6. The molecule has 0 bridgehead atoms. The van der Waals surface area contributed by atoms with Crippen LogP contribution in [0.1, 0.15) is 10.4 Å². The van der Waals surface area contributed by atoms with Crippen molar-refractivity contribution in [1.82, 2.24) is 0 Å². The van der Waals surface area contributed by atoms with Gasteiger partial charge in [0.05, 0.1) is 68.5 Å². The number of anilines is 2. The Morgan fingerprint density at radius 1 is 0.652 bits per heavy atom. The Labute approximate surface area is 382 Å². The predicted octanol–water partition coefficient (Wildman–Crippen LogP) is 6.68. The number of carbonyl (C=O) groups is 1. The monoisotopic (exact) mass is 1040 g/mol. The zero-order valence-corrected chi connectivity index (χ0v) is 37.7. The lowest BCUT2D eigenvalue weighted by Gasteiger charge is -2.14. The number of hydrogen-bond donors (Lipinski definition) is 7. The van der Waals surface area contributed by atoms with Crippen molar-refractivity contribution < 1.29 is 90.3 Å². The molecule has 0 saturated carbocycles. The summed E-state index contributed by atoms with van der Waals surface area (Å²) < 4.78 is 130. The van der Waals surface area contributed by atoms with Gasteiger partial charge < -0.3 is 15.7 Å². The van der Waals surface area contributed by atoms with Crippen molar-refractivity contribution in [2.75, 3.05) is 41.2 Å². The average Bonchev–Trinajstić information content (AvgIpc) is 3.26. The van der Waals surface area contributed by atoms with Crippen LogP contribution in [0, 0.1) is 0 Å². The van der Waals surface area contributed by atoms with Gasteiger partial charge in [-0.05, 0) is 91.0 Å². The normalized spacial score (nSPS) is 12.6. The van der Waals surface area contributed by atoms with Gasteiger partial charge in [0, 0.05) is 22.0 Å². The maximum absolute atomic E-state index is 12.9. The van der Waals surface area contributed by atoms with Crippen molar-refractivity contribution in [3.8, 4) is 5.75 Å². The summed E-state index contributed by atoms with van der Waals surface area (Å²) in [5.41, 5.74) is 0.262. The van der Waals surface area contributed by atoms with E-state index >= 15 is 0 Å². The highest BCUT2D eigenvalue weighted by molar-refractivity contribution is 7.94. The van der Waals surface area contributed by atoms with Crippen LogP contribution in [-0.2, 0) is 67.3 Å². The molecule has 0 aliphatic carbocycles. The quantitative estimate of drug-likeness (QED) is 0.00845. The minimum absolute atomic E-state index is 0.0170. The molecule has 0 aliphatic heterocycles. The fraction of sp³-hybridized carbons (Fsp3) is 0.147. The molecule has 32 heteroatoms. The van der Waals surface area contributed by atoms with Gasteiger partial charge in [-0.25, -0.2) is 31.5 Å². The Kier molecular flexibility index (Phi) is 18.0. The number of nitrogens with one attached hydrogen (secondary N) is 2. The van der Waals surface area contributed by atoms with Crippen molar-refractivity contribution in [2.45, 2.75) is 14.7 Å². The first-order chi connectivity index (χ1) is 31.2. The lowest BCUT2D eigenvalue weighted by Crippen LogP contribution is -2.15. The molecule has 0 fully saturated rings. The number of nitrogens with zero attached hydrogens (tertiary/aromatic N) is 4. The molecule has 0 aromatic heterocycles. The minimum Gasteiger partial charge on any atom is -0.505 e. The smallest absolute Gasteiger partial charge is 0.397 e. The number of sulfone groups is 2. The summed E-state index contributed by atoms with van der Waals surface area (Å²) in [5.74, 6) is -3.34. The Morgan fingerprint density at radius 3 is 1.79 bits per heavy atom. The third kappa shape index (κ3) is 15.1. The van der Waals surface area contributed by atoms with E-state index in [1.807, 2.05) is 0 Å². The van der Waals surface area contributed by atoms with E-state index in [9.17, 15) is 48.1 Å². The van der Waals surface area contributed by atoms with Gasteiger partial charge in [-0.15, -0.1) is 18.9 Å². The molecule has 0 heterocycles. The molecular weight excluding hydrogens is 1000 g/mol. The number of phenols is 1. The van der Waals surface area contributed by atoms with Crippen LogP contribution < -0.4 is 10.6 Å². The average molecular weight is 1040 g/mol. The molecular formula is C34H32N6O20S6. The lowest BCUT2D eigenvalue weighted by atomic mass is 10.1. The van der Waals surface area contributed by atoms with Gasteiger partial charge in [0.25, 0.3) is 16.0 Å². The van der Waals surface area contributed by atoms with Gasteiger partial charge in [0.1, 0.15) is 17.3 Å². The first-order valence-electron chi connectivity index (χ1n) is 17.6. The number of benzene rings is 5. The largest absolute Gasteiger partial charge is 0.505 e. The number of fused-ring (bicyclic) bond motifs is 1. The van der Waals surface area contributed by atoms with Crippen LogP contribution in [0.4, 0.5) is 34.1 Å². The summed E-state index contributed by atoms with van der Waals surface area (Å²) in [6.07, 6.45) is 0. The highest BCUT2D eigenvalue weighted by atomic mass is 32.3. The van der Waals surface area contributed by atoms with Crippen molar-refractivity contribution in [1.29, 1.82) is 0 Å². The highest BCUT2D eigenvalue weighted by Crippen LogP contribution is 2.48. The number of azo groups is 2. The van der Waals surface area contributed by atoms with Gasteiger partial charge in [-0.1, -0.05) is 10.1 Å². The zero-order chi connectivity index (χ0) is 48.1. The Balaban J connectivity index is 1.38. The van der Waals surface area contributed by atoms with Crippen LogP contribution in [0.15, 0.2) is 126 Å². The van der Waals surface area contributed by atoms with Crippen LogP contribution >= 0.6 is 24.4 Å². The number of phenolic OH excluding ortho intramolecular Hbond substituents is 1. The van der Waals surface area contributed by atoms with E-state index in [1.54, 1.807) is 0 Å². The fourth-order valence-electron chi connectivity index (χ4n) is 5.29. The molecule has 66 heavy (non-hydrogen) atoms. The van der Waals surface area contributed by atoms with Crippen LogP contribution in [0.2, 0.25) is 0 Å². The van der Waals surface area contributed by atoms with E-state index in [-0.39, 0.29) is 84.1 Å². The van der Waals surface area contributed by atoms with Crippen molar-refractivity contribution in [3.63, 3.8) is 0 Å². The van der Waals surface area contributed by atoms with Gasteiger partial charge in [0.15, 0.2) is 37.7 Å². The summed E-state index contributed by atoms with van der Waals surface area (Å²) >= 11 is 0.566. The van der Waals surface area contributed by atoms with E-state index < -0.39 is 75.8 Å². The first kappa shape index (κ1) is 51.7. The standard InChI is InChI=1S/C34H32N6O20S6/c41-33-27-13-14-29(35-20-65(49,50)51)31(39-37-24-7-11-26(12-8-24)63(45,46)17-15-55-62-60-58-44)28(27)19-30(61-59-57-43)32(33)40-38-23-3-1-21(2-4-23)34(42)36-22-5-9-25(10-6-22)64(47,48)18-16-56-66(52,53)54/h1-14,19,35,41,43-44H,15-18,20H2,(H,36,42)(H,49,50,51)(H,52,53,54)/b39-37+,40-38+. The molecule has 0 atom stereocenters. The van der Waals surface area contributed by atoms with E-state index in [0.29, 0.717) is 12.0 Å². The third-order valence-electron chi connectivity index (χ3n) is 8.26. The molecule has 5 rings (SSSR count). The number of aromatic hydroxyl groups is 1. The molecule has 1 amide bonds. The van der Waals surface area contributed by atoms with Crippen LogP contribution in [0.3, 0.4) is 0 Å². The van der Waals surface area contributed by atoms with Gasteiger partial charge in [0.2, 0.25) is 0 Å². The Bertz CT molecular complexity index is 3040. The SMILES string of the molecule is O=C(Nc1ccc(S(=O)(=O)CCOS(=O)(=O)O)cc1)c1ccc(/N=N/c2c(SOOO)cc3c(/N=N/c4ccc(S(=O)(=O)CCOSOOO)cc4)c(NCS(=O)(=O)O)ccc3c2O)cc1. The van der Waals surface area contributed by atoms with E-state index in [0.717, 1.165) is 0 Å². The molecule has 0 saturated heterocycles. The number of amides is 1. The molecule has 7 N–H and O–H groups in total. The second kappa shape index (κ2) is 23.0. The number of hydrogen-bond acceptors (Lipinski definition) is 25. The first-order valence-corrected chi connectivity index (χ1v) is 25.3. The number of carbonyl (C=O) groups excluding carboxylic acids is 1. The van der Waals surface area contributed by atoms with Crippen LogP contribution in [0.25, 0.3) is 10.8 Å². The molecule has 0 aliphatic rings. The minimum atomic E-state index is -4.83. The lowest BCUT2D eigenvalue weighted by molar-refractivity contribution is -0.434. The van der Waals surface area contributed by atoms with Crippen molar-refractivity contribution in [2.24, 2.45) is 20.5 Å². The zero-order valence-electron chi connectivity index (χ0n) is 32.8. The molecule has 0 spiro atoms. The van der Waals surface area contributed by atoms with Gasteiger partial charge in [-0.2, -0.15) is 27.1 Å². The van der Waals surface area contributed by atoms with Crippen molar-refractivity contribution >= 4 is 115 Å². The molecule has 5 aromatic carbocycles. The summed E-state index contributed by atoms with van der Waals surface area (Å²) in [6.45, 7) is -1.14. The maximum atomic E-state index is 12.9.